The number of fused-ring (bicyclic) bond motifs is 4. The Morgan fingerprint density at radius 1 is 1.29 bits per heavy atom. The molecule has 2 aliphatic rings. The maximum Gasteiger partial charge on any atom is 0.254 e. The number of aryl methyl sites for hydroxylation is 2. The van der Waals surface area contributed by atoms with E-state index in [-0.39, 0.29) is 17.4 Å². The SMILES string of the molecule is Cc1nc2c(c(=O)[nH]1)CC[C@@H]1CN(C(=O)CCn3ncc4ccccc43)C[C@H]21. The van der Waals surface area contributed by atoms with Gasteiger partial charge in [0.15, 0.2) is 0 Å². The minimum atomic E-state index is -0.0173. The standard InChI is InChI=1S/C21H23N5O2/c1-13-23-20-16(21(28)24-13)7-6-15-11-25(12-17(15)20)19(27)8-9-26-18-5-3-2-4-14(18)10-22-26/h2-5,10,15,17H,6-9,11-12H2,1H3,(H,23,24,28)/t15-,17+/m1/s1. The zero-order valence-electron chi connectivity index (χ0n) is 15.9. The van der Waals surface area contributed by atoms with Crippen molar-refractivity contribution >= 4 is 16.8 Å². The average Bonchev–Trinajstić information content (AvgIpc) is 3.30. The van der Waals surface area contributed by atoms with E-state index in [1.165, 1.54) is 0 Å². The molecule has 7 heteroatoms. The molecule has 3 aromatic rings. The Bertz CT molecular complexity index is 1120. The van der Waals surface area contributed by atoms with Gasteiger partial charge in [-0.25, -0.2) is 4.98 Å². The van der Waals surface area contributed by atoms with Crippen LogP contribution in [-0.2, 0) is 17.8 Å². The van der Waals surface area contributed by atoms with E-state index in [4.69, 9.17) is 0 Å². The number of aromatic nitrogens is 4. The fourth-order valence-electron chi connectivity index (χ4n) is 4.75. The van der Waals surface area contributed by atoms with Crippen molar-refractivity contribution in [3.05, 3.63) is 57.9 Å². The lowest BCUT2D eigenvalue weighted by molar-refractivity contribution is -0.130. The van der Waals surface area contributed by atoms with Crippen LogP contribution >= 0.6 is 0 Å². The second-order valence-electron chi connectivity index (χ2n) is 7.90. The van der Waals surface area contributed by atoms with Crippen molar-refractivity contribution in [2.45, 2.75) is 38.6 Å². The number of para-hydroxylation sites is 1. The van der Waals surface area contributed by atoms with Gasteiger partial charge in [-0.2, -0.15) is 5.10 Å². The lowest BCUT2D eigenvalue weighted by Crippen LogP contribution is -2.30. The summed E-state index contributed by atoms with van der Waals surface area (Å²) in [6, 6.07) is 8.03. The molecule has 5 rings (SSSR count). The molecule has 2 aromatic heterocycles. The number of likely N-dealkylation sites (tertiary alicyclic amines) is 1. The summed E-state index contributed by atoms with van der Waals surface area (Å²) in [7, 11) is 0. The summed E-state index contributed by atoms with van der Waals surface area (Å²) in [4.78, 5) is 34.5. The smallest absolute Gasteiger partial charge is 0.254 e. The molecular weight excluding hydrogens is 354 g/mol. The minimum Gasteiger partial charge on any atom is -0.342 e. The Morgan fingerprint density at radius 2 is 2.14 bits per heavy atom. The van der Waals surface area contributed by atoms with Crippen LogP contribution in [0.4, 0.5) is 0 Å². The Labute approximate surface area is 162 Å². The van der Waals surface area contributed by atoms with Gasteiger partial charge in [0.2, 0.25) is 5.91 Å². The highest BCUT2D eigenvalue weighted by Gasteiger charge is 2.41. The van der Waals surface area contributed by atoms with E-state index in [1.807, 2.05) is 47.0 Å². The number of carbonyl (C=O) groups excluding carboxylic acids is 1. The van der Waals surface area contributed by atoms with Gasteiger partial charge >= 0.3 is 0 Å². The summed E-state index contributed by atoms with van der Waals surface area (Å²) in [5, 5.41) is 5.50. The molecule has 7 nitrogen and oxygen atoms in total. The maximum atomic E-state index is 12.9. The van der Waals surface area contributed by atoms with Gasteiger partial charge in [0.1, 0.15) is 5.82 Å². The lowest BCUT2D eigenvalue weighted by atomic mass is 9.80. The molecular formula is C21H23N5O2. The Hall–Kier alpha value is -2.96. The highest BCUT2D eigenvalue weighted by Crippen LogP contribution is 2.39. The summed E-state index contributed by atoms with van der Waals surface area (Å²) in [6.45, 7) is 3.81. The minimum absolute atomic E-state index is 0.0173. The van der Waals surface area contributed by atoms with Crippen LogP contribution in [0.3, 0.4) is 0 Å². The van der Waals surface area contributed by atoms with Crippen LogP contribution in [0.15, 0.2) is 35.3 Å². The monoisotopic (exact) mass is 377 g/mol. The third kappa shape index (κ3) is 2.82. The van der Waals surface area contributed by atoms with Gasteiger partial charge < -0.3 is 9.88 Å². The van der Waals surface area contributed by atoms with E-state index < -0.39 is 0 Å². The van der Waals surface area contributed by atoms with E-state index >= 15 is 0 Å². The zero-order chi connectivity index (χ0) is 19.3. The molecule has 28 heavy (non-hydrogen) atoms. The van der Waals surface area contributed by atoms with Crippen molar-refractivity contribution in [2.75, 3.05) is 13.1 Å². The third-order valence-corrected chi connectivity index (χ3v) is 6.16. The van der Waals surface area contributed by atoms with Crippen LogP contribution in [0.25, 0.3) is 10.9 Å². The fraction of sp³-hybridized carbons (Fsp3) is 0.429. The molecule has 1 fully saturated rings. The van der Waals surface area contributed by atoms with E-state index in [0.29, 0.717) is 31.3 Å². The van der Waals surface area contributed by atoms with Gasteiger partial charge in [-0.3, -0.25) is 14.3 Å². The summed E-state index contributed by atoms with van der Waals surface area (Å²) < 4.78 is 1.90. The Morgan fingerprint density at radius 3 is 3.04 bits per heavy atom. The van der Waals surface area contributed by atoms with E-state index in [9.17, 15) is 9.59 Å². The fourth-order valence-corrected chi connectivity index (χ4v) is 4.75. The first-order valence-corrected chi connectivity index (χ1v) is 9.88. The van der Waals surface area contributed by atoms with Crippen molar-refractivity contribution in [1.29, 1.82) is 0 Å². The Balaban J connectivity index is 1.30. The summed E-state index contributed by atoms with van der Waals surface area (Å²) in [6.07, 6.45) is 3.96. The molecule has 0 spiro atoms. The van der Waals surface area contributed by atoms with Crippen molar-refractivity contribution in [2.24, 2.45) is 5.92 Å². The molecule has 1 aliphatic carbocycles. The number of amides is 1. The van der Waals surface area contributed by atoms with Gasteiger partial charge in [0.25, 0.3) is 5.56 Å². The highest BCUT2D eigenvalue weighted by molar-refractivity contribution is 5.79. The van der Waals surface area contributed by atoms with Crippen LogP contribution in [0, 0.1) is 12.8 Å². The van der Waals surface area contributed by atoms with Crippen LogP contribution in [0.5, 0.6) is 0 Å². The van der Waals surface area contributed by atoms with Crippen molar-refractivity contribution in [3.8, 4) is 0 Å². The molecule has 1 saturated heterocycles. The molecule has 1 amide bonds. The van der Waals surface area contributed by atoms with E-state index in [1.54, 1.807) is 0 Å². The van der Waals surface area contributed by atoms with E-state index in [2.05, 4.69) is 15.1 Å². The van der Waals surface area contributed by atoms with Gasteiger partial charge in [0, 0.05) is 36.4 Å². The predicted molar refractivity (Wildman–Crippen MR) is 105 cm³/mol. The molecule has 2 atom stereocenters. The molecule has 0 saturated carbocycles. The normalized spacial score (nSPS) is 21.0. The largest absolute Gasteiger partial charge is 0.342 e. The van der Waals surface area contributed by atoms with Crippen LogP contribution in [-0.4, -0.2) is 43.6 Å². The van der Waals surface area contributed by atoms with Crippen molar-refractivity contribution in [1.82, 2.24) is 24.6 Å². The second-order valence-corrected chi connectivity index (χ2v) is 7.90. The zero-order valence-corrected chi connectivity index (χ0v) is 15.9. The van der Waals surface area contributed by atoms with Gasteiger partial charge in [-0.1, -0.05) is 18.2 Å². The quantitative estimate of drug-likeness (QED) is 0.757. The molecule has 3 heterocycles. The summed E-state index contributed by atoms with van der Waals surface area (Å²) in [5.74, 6) is 1.38. The van der Waals surface area contributed by atoms with Gasteiger partial charge in [0.05, 0.1) is 24.0 Å². The third-order valence-electron chi connectivity index (χ3n) is 6.16. The average molecular weight is 377 g/mol. The molecule has 0 unspecified atom stereocenters. The first-order chi connectivity index (χ1) is 13.6. The van der Waals surface area contributed by atoms with Crippen LogP contribution in [0.1, 0.15) is 35.8 Å². The molecule has 1 aromatic carbocycles. The number of hydrogen-bond acceptors (Lipinski definition) is 4. The predicted octanol–water partition coefficient (Wildman–Crippen LogP) is 2.01. The number of rotatable bonds is 3. The second kappa shape index (κ2) is 6.58. The number of benzene rings is 1. The first-order valence-electron chi connectivity index (χ1n) is 9.88. The van der Waals surface area contributed by atoms with E-state index in [0.717, 1.165) is 41.5 Å². The molecule has 0 bridgehead atoms. The van der Waals surface area contributed by atoms with Crippen LogP contribution in [0.2, 0.25) is 0 Å². The lowest BCUT2D eigenvalue weighted by Gasteiger charge is -2.25. The number of carbonyl (C=O) groups is 1. The number of H-pyrrole nitrogens is 1. The molecule has 144 valence electrons. The number of nitrogens with one attached hydrogen (secondary N) is 1. The maximum absolute atomic E-state index is 12.9. The first kappa shape index (κ1) is 17.2. The van der Waals surface area contributed by atoms with Gasteiger partial charge in [-0.05, 0) is 31.7 Å². The molecule has 0 radical (unpaired) electrons. The Kier molecular flexibility index (Phi) is 4.03. The van der Waals surface area contributed by atoms with Crippen molar-refractivity contribution in [3.63, 3.8) is 0 Å². The highest BCUT2D eigenvalue weighted by atomic mass is 16.2. The molecule has 1 aliphatic heterocycles. The topological polar surface area (TPSA) is 83.9 Å². The van der Waals surface area contributed by atoms with Crippen molar-refractivity contribution < 1.29 is 4.79 Å². The summed E-state index contributed by atoms with van der Waals surface area (Å²) >= 11 is 0. The molecule has 1 N–H and O–H groups in total. The number of aromatic amines is 1. The number of hydrogen-bond donors (Lipinski definition) is 1. The summed E-state index contributed by atoms with van der Waals surface area (Å²) in [5.41, 5.74) is 2.75. The van der Waals surface area contributed by atoms with Gasteiger partial charge in [-0.15, -0.1) is 0 Å². The van der Waals surface area contributed by atoms with Crippen LogP contribution < -0.4 is 5.56 Å². The number of nitrogens with zero attached hydrogens (tertiary/aromatic N) is 4.